The second-order valence-corrected chi connectivity index (χ2v) is 7.17. The number of carbonyl (C=O) groups excluding carboxylic acids is 3. The first-order valence-corrected chi connectivity index (χ1v) is 10.3. The van der Waals surface area contributed by atoms with E-state index in [0.717, 1.165) is 18.4 Å². The minimum absolute atomic E-state index is 0.0163. The molecule has 1 aliphatic rings. The number of likely N-dealkylation sites (tertiary alicyclic amines) is 1. The van der Waals surface area contributed by atoms with Gasteiger partial charge in [-0.3, -0.25) is 14.4 Å². The zero-order valence-corrected chi connectivity index (χ0v) is 17.6. The van der Waals surface area contributed by atoms with Crippen molar-refractivity contribution < 1.29 is 23.9 Å². The Kier molecular flexibility index (Phi) is 9.13. The maximum atomic E-state index is 12.8. The summed E-state index contributed by atoms with van der Waals surface area (Å²) in [5.41, 5.74) is 0.834. The predicted molar refractivity (Wildman–Crippen MR) is 109 cm³/mol. The molecule has 0 aromatic heterocycles. The fourth-order valence-electron chi connectivity index (χ4n) is 3.56. The van der Waals surface area contributed by atoms with Gasteiger partial charge in [0.25, 0.3) is 5.91 Å². The number of nitrogens with one attached hydrogen (secondary N) is 1. The summed E-state index contributed by atoms with van der Waals surface area (Å²) in [5.74, 6) is -0.800. The molecule has 0 aliphatic carbocycles. The number of carbonyl (C=O) groups is 3. The molecule has 0 unspecified atom stereocenters. The molecule has 30 heavy (non-hydrogen) atoms. The fraction of sp³-hybridized carbons (Fsp3) is 0.545. The average Bonchev–Trinajstić information content (AvgIpc) is 2.76. The van der Waals surface area contributed by atoms with Crippen LogP contribution in [0.4, 0.5) is 0 Å². The van der Waals surface area contributed by atoms with E-state index in [9.17, 15) is 14.4 Å². The van der Waals surface area contributed by atoms with Crippen molar-refractivity contribution in [1.29, 1.82) is 5.26 Å². The molecule has 2 amide bonds. The quantitative estimate of drug-likeness (QED) is 0.464. The van der Waals surface area contributed by atoms with E-state index in [0.29, 0.717) is 18.7 Å². The molecular weight excluding hydrogens is 386 g/mol. The number of unbranched alkanes of at least 4 members (excludes halogenated alkanes) is 1. The Balaban J connectivity index is 2.17. The number of piperidine rings is 1. The number of rotatable bonds is 10. The van der Waals surface area contributed by atoms with E-state index in [1.807, 2.05) is 25.1 Å². The average molecular weight is 415 g/mol. The van der Waals surface area contributed by atoms with Crippen LogP contribution in [-0.2, 0) is 19.1 Å². The third-order valence-electron chi connectivity index (χ3n) is 5.12. The zero-order chi connectivity index (χ0) is 21.9. The van der Waals surface area contributed by atoms with Gasteiger partial charge in [-0.15, -0.1) is 0 Å². The Bertz CT molecular complexity index is 772. The monoisotopic (exact) mass is 415 g/mol. The van der Waals surface area contributed by atoms with E-state index >= 15 is 0 Å². The molecule has 1 heterocycles. The fourth-order valence-corrected chi connectivity index (χ4v) is 3.56. The predicted octanol–water partition coefficient (Wildman–Crippen LogP) is 2.35. The highest BCUT2D eigenvalue weighted by atomic mass is 16.5. The van der Waals surface area contributed by atoms with E-state index in [4.69, 9.17) is 14.7 Å². The molecule has 2 atom stereocenters. The lowest BCUT2D eigenvalue weighted by Crippen LogP contribution is -2.46. The lowest BCUT2D eigenvalue weighted by atomic mass is 9.84. The van der Waals surface area contributed by atoms with Crippen molar-refractivity contribution in [1.82, 2.24) is 10.2 Å². The number of amides is 2. The molecule has 0 spiro atoms. The van der Waals surface area contributed by atoms with E-state index < -0.39 is 30.4 Å². The number of hydrogen-bond acceptors (Lipinski definition) is 6. The zero-order valence-electron chi connectivity index (χ0n) is 17.6. The molecule has 0 radical (unpaired) electrons. The molecule has 1 aromatic carbocycles. The van der Waals surface area contributed by atoms with Gasteiger partial charge in [0.2, 0.25) is 5.91 Å². The number of nitriles is 1. The van der Waals surface area contributed by atoms with Crippen molar-refractivity contribution in [2.45, 2.75) is 45.1 Å². The van der Waals surface area contributed by atoms with Crippen LogP contribution in [0.1, 0.15) is 50.6 Å². The van der Waals surface area contributed by atoms with Crippen LogP contribution in [0, 0.1) is 17.2 Å². The van der Waals surface area contributed by atoms with Gasteiger partial charge in [-0.1, -0.05) is 25.5 Å². The molecule has 0 saturated carbocycles. The summed E-state index contributed by atoms with van der Waals surface area (Å²) in [4.78, 5) is 39.1. The Morgan fingerprint density at radius 2 is 2.03 bits per heavy atom. The first-order valence-electron chi connectivity index (χ1n) is 10.3. The third-order valence-corrected chi connectivity index (χ3v) is 5.12. The summed E-state index contributed by atoms with van der Waals surface area (Å²) in [6, 6.07) is 8.80. The van der Waals surface area contributed by atoms with Crippen molar-refractivity contribution in [3.05, 3.63) is 29.8 Å². The number of hydrogen-bond donors (Lipinski definition) is 1. The van der Waals surface area contributed by atoms with Crippen molar-refractivity contribution in [3.63, 3.8) is 0 Å². The Morgan fingerprint density at radius 1 is 1.30 bits per heavy atom. The van der Waals surface area contributed by atoms with E-state index in [1.54, 1.807) is 24.1 Å². The van der Waals surface area contributed by atoms with E-state index in [1.165, 1.54) is 0 Å². The third kappa shape index (κ3) is 6.21. The highest BCUT2D eigenvalue weighted by molar-refractivity contribution is 5.84. The number of benzene rings is 1. The van der Waals surface area contributed by atoms with Gasteiger partial charge < -0.3 is 19.7 Å². The van der Waals surface area contributed by atoms with Gasteiger partial charge >= 0.3 is 5.97 Å². The van der Waals surface area contributed by atoms with Crippen LogP contribution in [0.25, 0.3) is 0 Å². The summed E-state index contributed by atoms with van der Waals surface area (Å²) < 4.78 is 10.5. The van der Waals surface area contributed by atoms with Gasteiger partial charge in [0, 0.05) is 19.5 Å². The van der Waals surface area contributed by atoms with Gasteiger partial charge in [0.15, 0.2) is 6.61 Å². The topological polar surface area (TPSA) is 109 Å². The SMILES string of the molecule is CCCCN1C(=O)CC[C@H](C(=O)OCC(=O)NCCC#N)[C@@H]1c1ccc(OC)cc1. The largest absolute Gasteiger partial charge is 0.497 e. The van der Waals surface area contributed by atoms with Crippen molar-refractivity contribution in [2.24, 2.45) is 5.92 Å². The summed E-state index contributed by atoms with van der Waals surface area (Å²) in [6.45, 7) is 2.42. The molecule has 1 fully saturated rings. The van der Waals surface area contributed by atoms with Crippen molar-refractivity contribution >= 4 is 17.8 Å². The Labute approximate surface area is 177 Å². The number of nitrogens with zero attached hydrogens (tertiary/aromatic N) is 2. The van der Waals surface area contributed by atoms with Crippen LogP contribution in [-0.4, -0.2) is 49.5 Å². The number of ether oxygens (including phenoxy) is 2. The van der Waals surface area contributed by atoms with Crippen LogP contribution in [0.15, 0.2) is 24.3 Å². The van der Waals surface area contributed by atoms with Gasteiger partial charge in [-0.05, 0) is 30.5 Å². The Hall–Kier alpha value is -3.08. The standard InChI is InChI=1S/C22H29N3O5/c1-3-4-14-25-20(27)11-10-18(21(25)16-6-8-17(29-2)9-7-16)22(28)30-15-19(26)24-13-5-12-23/h6-9,18,21H,3-5,10-11,13-15H2,1-2H3,(H,24,26)/t18-,21-/m0/s1. The molecular formula is C22H29N3O5. The lowest BCUT2D eigenvalue weighted by Gasteiger charge is -2.40. The van der Waals surface area contributed by atoms with Crippen LogP contribution in [0.5, 0.6) is 5.75 Å². The lowest BCUT2D eigenvalue weighted by molar-refractivity contribution is -0.159. The second-order valence-electron chi connectivity index (χ2n) is 7.17. The van der Waals surface area contributed by atoms with Gasteiger partial charge in [0.1, 0.15) is 5.75 Å². The Morgan fingerprint density at radius 3 is 2.67 bits per heavy atom. The van der Waals surface area contributed by atoms with Crippen LogP contribution < -0.4 is 10.1 Å². The van der Waals surface area contributed by atoms with Gasteiger partial charge in [-0.25, -0.2) is 0 Å². The van der Waals surface area contributed by atoms with Gasteiger partial charge in [0.05, 0.1) is 31.6 Å². The molecule has 1 aromatic rings. The first kappa shape index (κ1) is 23.2. The highest BCUT2D eigenvalue weighted by Crippen LogP contribution is 2.38. The van der Waals surface area contributed by atoms with Crippen molar-refractivity contribution in [2.75, 3.05) is 26.8 Å². The summed E-state index contributed by atoms with van der Waals surface area (Å²) in [5, 5.41) is 11.0. The second kappa shape index (κ2) is 11.8. The minimum Gasteiger partial charge on any atom is -0.497 e. The van der Waals surface area contributed by atoms with Crippen molar-refractivity contribution in [3.8, 4) is 11.8 Å². The normalized spacial score (nSPS) is 18.4. The molecule has 1 N–H and O–H groups in total. The van der Waals surface area contributed by atoms with Crippen LogP contribution >= 0.6 is 0 Å². The van der Waals surface area contributed by atoms with Crippen LogP contribution in [0.3, 0.4) is 0 Å². The van der Waals surface area contributed by atoms with E-state index in [-0.39, 0.29) is 25.3 Å². The summed E-state index contributed by atoms with van der Waals surface area (Å²) in [6.07, 6.45) is 2.59. The number of esters is 1. The van der Waals surface area contributed by atoms with Crippen LogP contribution in [0.2, 0.25) is 0 Å². The maximum absolute atomic E-state index is 12.8. The highest BCUT2D eigenvalue weighted by Gasteiger charge is 2.41. The minimum atomic E-state index is -0.556. The molecule has 2 rings (SSSR count). The summed E-state index contributed by atoms with van der Waals surface area (Å²) >= 11 is 0. The molecule has 8 heteroatoms. The smallest absolute Gasteiger partial charge is 0.311 e. The molecule has 162 valence electrons. The maximum Gasteiger partial charge on any atom is 0.311 e. The van der Waals surface area contributed by atoms with Gasteiger partial charge in [-0.2, -0.15) is 5.26 Å². The molecule has 8 nitrogen and oxygen atoms in total. The molecule has 0 bridgehead atoms. The first-order chi connectivity index (χ1) is 14.5. The molecule has 1 saturated heterocycles. The number of methoxy groups -OCH3 is 1. The summed E-state index contributed by atoms with van der Waals surface area (Å²) in [7, 11) is 1.58. The molecule has 1 aliphatic heterocycles. The van der Waals surface area contributed by atoms with E-state index in [2.05, 4.69) is 5.32 Å².